The van der Waals surface area contributed by atoms with Crippen LogP contribution in [0.3, 0.4) is 0 Å². The van der Waals surface area contributed by atoms with E-state index < -0.39 is 22.7 Å². The van der Waals surface area contributed by atoms with Gasteiger partial charge in [-0.05, 0) is 55.9 Å². The van der Waals surface area contributed by atoms with Crippen LogP contribution in [0.25, 0.3) is 0 Å². The number of carbonyl (C=O) groups is 2. The number of non-ortho nitro benzene ring substituents is 1. The summed E-state index contributed by atoms with van der Waals surface area (Å²) in [6.45, 7) is 1.81. The number of fused-ring (bicyclic) bond motifs is 1. The molecule has 2 aromatic rings. The van der Waals surface area contributed by atoms with Gasteiger partial charge < -0.3 is 19.5 Å². The maximum Gasteiger partial charge on any atom is 0.336 e. The number of ether oxygens (including phenoxy) is 3. The van der Waals surface area contributed by atoms with Gasteiger partial charge in [-0.25, -0.2) is 4.79 Å². The summed E-state index contributed by atoms with van der Waals surface area (Å²) in [5.74, 6) is -0.744. The van der Waals surface area contributed by atoms with Crippen LogP contribution in [0.4, 0.5) is 5.69 Å². The highest BCUT2D eigenvalue weighted by atomic mass is 16.6. The molecule has 1 aliphatic heterocycles. The number of carbonyl (C=O) groups excluding carboxylic acids is 2. The Labute approximate surface area is 227 Å². The Morgan fingerprint density at radius 3 is 2.28 bits per heavy atom. The molecule has 5 rings (SSSR count). The number of Topliss-reactive ketones (excluding diaryl/α,β-unsaturated/α-hetero) is 1. The predicted molar refractivity (Wildman–Crippen MR) is 144 cm³/mol. The largest absolute Gasteiger partial charge is 0.493 e. The van der Waals surface area contributed by atoms with Crippen LogP contribution < -0.4 is 14.8 Å². The fraction of sp³-hybridized carbons (Fsp3) is 0.400. The first-order valence-corrected chi connectivity index (χ1v) is 13.2. The summed E-state index contributed by atoms with van der Waals surface area (Å²) in [6.07, 6.45) is 5.83. The number of methoxy groups -OCH3 is 2. The van der Waals surface area contributed by atoms with Gasteiger partial charge >= 0.3 is 5.97 Å². The first-order chi connectivity index (χ1) is 18.8. The van der Waals surface area contributed by atoms with Crippen LogP contribution in [-0.4, -0.2) is 37.0 Å². The van der Waals surface area contributed by atoms with Crippen molar-refractivity contribution in [2.75, 3.05) is 14.2 Å². The molecular formula is C30H32N2O7. The monoisotopic (exact) mass is 532 g/mol. The Bertz CT molecular complexity index is 1360. The fourth-order valence-corrected chi connectivity index (χ4v) is 6.03. The first kappa shape index (κ1) is 26.5. The lowest BCUT2D eigenvalue weighted by Gasteiger charge is -2.39. The molecule has 1 fully saturated rings. The fourth-order valence-electron chi connectivity index (χ4n) is 6.03. The summed E-state index contributed by atoms with van der Waals surface area (Å²) in [5, 5.41) is 14.6. The Kier molecular flexibility index (Phi) is 7.41. The molecule has 2 aromatic carbocycles. The third-order valence-electron chi connectivity index (χ3n) is 7.96. The van der Waals surface area contributed by atoms with Gasteiger partial charge in [-0.1, -0.05) is 24.3 Å². The minimum Gasteiger partial charge on any atom is -0.493 e. The SMILES string of the molecule is COc1ccc(C2C=C3NC(C)=C(C(=O)OC4CCCC4)C(c4ccc([N+](=O)[O-])cc4)C3C(=O)C2)cc1OC. The number of nitrogens with zero attached hydrogens (tertiary/aromatic N) is 1. The molecule has 0 saturated heterocycles. The van der Waals surface area contributed by atoms with E-state index >= 15 is 0 Å². The maximum atomic E-state index is 13.8. The average Bonchev–Trinajstić information content (AvgIpc) is 3.44. The number of nitrogens with one attached hydrogen (secondary N) is 1. The van der Waals surface area contributed by atoms with E-state index in [2.05, 4.69) is 5.32 Å². The number of hydrogen-bond acceptors (Lipinski definition) is 8. The van der Waals surface area contributed by atoms with E-state index in [1.165, 1.54) is 12.1 Å². The second kappa shape index (κ2) is 10.9. The maximum absolute atomic E-state index is 13.8. The number of nitro benzene ring substituents is 1. The van der Waals surface area contributed by atoms with Crippen molar-refractivity contribution in [3.63, 3.8) is 0 Å². The number of allylic oxidation sites excluding steroid dienone is 3. The zero-order valence-corrected chi connectivity index (χ0v) is 22.3. The summed E-state index contributed by atoms with van der Waals surface area (Å²) in [5.41, 5.74) is 3.25. The minimum absolute atomic E-state index is 0.0261. The smallest absolute Gasteiger partial charge is 0.336 e. The minimum atomic E-state index is -0.641. The van der Waals surface area contributed by atoms with Crippen LogP contribution in [0.5, 0.6) is 11.5 Å². The van der Waals surface area contributed by atoms with Crippen LogP contribution in [-0.2, 0) is 14.3 Å². The first-order valence-electron chi connectivity index (χ1n) is 13.2. The van der Waals surface area contributed by atoms with Crippen molar-refractivity contribution in [3.05, 3.63) is 86.7 Å². The van der Waals surface area contributed by atoms with E-state index in [4.69, 9.17) is 14.2 Å². The average molecular weight is 533 g/mol. The molecule has 9 heteroatoms. The van der Waals surface area contributed by atoms with Crippen molar-refractivity contribution >= 4 is 17.4 Å². The number of ketones is 1. The predicted octanol–water partition coefficient (Wildman–Crippen LogP) is 5.32. The molecule has 3 aliphatic rings. The molecule has 0 aromatic heterocycles. The summed E-state index contributed by atoms with van der Waals surface area (Å²) >= 11 is 0. The molecule has 0 bridgehead atoms. The standard InChI is InChI=1S/C30H32N2O7/c1-17-27(30(34)39-22-6-4-5-7-22)28(18-8-11-21(12-9-18)32(35)36)29-23(31-17)14-20(15-24(29)33)19-10-13-25(37-2)26(16-19)38-3/h8-14,16,20,22,28-29,31H,4-7,15H2,1-3H3. The van der Waals surface area contributed by atoms with Gasteiger partial charge in [-0.3, -0.25) is 14.9 Å². The molecule has 3 atom stereocenters. The van der Waals surface area contributed by atoms with Gasteiger partial charge in [0.05, 0.1) is 30.6 Å². The van der Waals surface area contributed by atoms with Crippen molar-refractivity contribution in [1.82, 2.24) is 5.32 Å². The van der Waals surface area contributed by atoms with E-state index in [-0.39, 0.29) is 29.9 Å². The zero-order valence-electron chi connectivity index (χ0n) is 22.3. The zero-order chi connectivity index (χ0) is 27.7. The second-order valence-electron chi connectivity index (χ2n) is 10.3. The molecule has 9 nitrogen and oxygen atoms in total. The van der Waals surface area contributed by atoms with E-state index in [0.29, 0.717) is 34.0 Å². The van der Waals surface area contributed by atoms with Crippen LogP contribution in [0, 0.1) is 16.0 Å². The lowest BCUT2D eigenvalue weighted by Crippen LogP contribution is -2.42. The lowest BCUT2D eigenvalue weighted by molar-refractivity contribution is -0.384. The van der Waals surface area contributed by atoms with Crippen LogP contribution in [0.1, 0.15) is 62.0 Å². The Morgan fingerprint density at radius 1 is 0.974 bits per heavy atom. The van der Waals surface area contributed by atoms with E-state index in [1.807, 2.05) is 31.2 Å². The molecule has 1 N–H and O–H groups in total. The van der Waals surface area contributed by atoms with Crippen molar-refractivity contribution < 1.29 is 28.7 Å². The molecule has 1 heterocycles. The Morgan fingerprint density at radius 2 is 1.64 bits per heavy atom. The highest BCUT2D eigenvalue weighted by molar-refractivity contribution is 5.96. The van der Waals surface area contributed by atoms with Crippen molar-refractivity contribution in [1.29, 1.82) is 0 Å². The molecule has 204 valence electrons. The summed E-state index contributed by atoms with van der Waals surface area (Å²) in [7, 11) is 3.14. The quantitative estimate of drug-likeness (QED) is 0.289. The van der Waals surface area contributed by atoms with E-state index in [9.17, 15) is 19.7 Å². The number of esters is 1. The molecule has 0 spiro atoms. The summed E-state index contributed by atoms with van der Waals surface area (Å²) in [4.78, 5) is 38.2. The topological polar surface area (TPSA) is 117 Å². The number of hydrogen-bond donors (Lipinski definition) is 1. The molecule has 0 radical (unpaired) electrons. The third-order valence-corrected chi connectivity index (χ3v) is 7.96. The van der Waals surface area contributed by atoms with Crippen LogP contribution >= 0.6 is 0 Å². The van der Waals surface area contributed by atoms with Gasteiger partial charge in [0.1, 0.15) is 11.9 Å². The molecular weight excluding hydrogens is 500 g/mol. The van der Waals surface area contributed by atoms with Crippen LogP contribution in [0.15, 0.2) is 65.5 Å². The number of benzene rings is 2. The van der Waals surface area contributed by atoms with Gasteiger partial charge in [0.15, 0.2) is 11.5 Å². The molecule has 39 heavy (non-hydrogen) atoms. The lowest BCUT2D eigenvalue weighted by atomic mass is 9.68. The second-order valence-corrected chi connectivity index (χ2v) is 10.3. The van der Waals surface area contributed by atoms with Gasteiger partial charge in [0.2, 0.25) is 0 Å². The van der Waals surface area contributed by atoms with Gasteiger partial charge in [0.25, 0.3) is 5.69 Å². The van der Waals surface area contributed by atoms with E-state index in [1.54, 1.807) is 26.4 Å². The summed E-state index contributed by atoms with van der Waals surface area (Å²) in [6, 6.07) is 11.7. The van der Waals surface area contributed by atoms with Crippen molar-refractivity contribution in [2.45, 2.75) is 57.0 Å². The van der Waals surface area contributed by atoms with Crippen molar-refractivity contribution in [3.8, 4) is 11.5 Å². The number of rotatable bonds is 7. The molecule has 1 saturated carbocycles. The normalized spacial score (nSPS) is 23.0. The van der Waals surface area contributed by atoms with Gasteiger partial charge in [-0.2, -0.15) is 0 Å². The highest BCUT2D eigenvalue weighted by Crippen LogP contribution is 2.47. The van der Waals surface area contributed by atoms with E-state index in [0.717, 1.165) is 31.2 Å². The van der Waals surface area contributed by atoms with Gasteiger partial charge in [-0.15, -0.1) is 0 Å². The van der Waals surface area contributed by atoms with Crippen molar-refractivity contribution in [2.24, 2.45) is 5.92 Å². The highest BCUT2D eigenvalue weighted by Gasteiger charge is 2.45. The molecule has 0 amide bonds. The molecule has 2 aliphatic carbocycles. The number of nitro groups is 1. The van der Waals surface area contributed by atoms with Crippen LogP contribution in [0.2, 0.25) is 0 Å². The Hall–Kier alpha value is -4.14. The summed E-state index contributed by atoms with van der Waals surface area (Å²) < 4.78 is 16.7. The van der Waals surface area contributed by atoms with Gasteiger partial charge in [0, 0.05) is 41.8 Å². The third kappa shape index (κ3) is 5.13. The molecule has 3 unspecified atom stereocenters. The Balaban J connectivity index is 1.56.